The maximum atomic E-state index is 6.30. The van der Waals surface area contributed by atoms with Gasteiger partial charge in [-0.05, 0) is 56.6 Å². The molecular formula is C14H22ClN. The Morgan fingerprint density at radius 1 is 1.12 bits per heavy atom. The third kappa shape index (κ3) is 1.77. The highest BCUT2D eigenvalue weighted by atomic mass is 35.5. The predicted molar refractivity (Wildman–Crippen MR) is 68.6 cm³/mol. The van der Waals surface area contributed by atoms with Crippen LogP contribution in [0.15, 0.2) is 12.3 Å². The lowest BCUT2D eigenvalue weighted by Gasteiger charge is -2.52. The SMILES string of the molecule is CC1CC=CN2C1CCC1CC(Cl)CCC12. The molecule has 3 aliphatic rings. The first-order valence-electron chi connectivity index (χ1n) is 6.84. The number of rotatable bonds is 0. The van der Waals surface area contributed by atoms with Gasteiger partial charge in [0.05, 0.1) is 0 Å². The van der Waals surface area contributed by atoms with Crippen molar-refractivity contribution in [1.82, 2.24) is 4.90 Å². The van der Waals surface area contributed by atoms with Gasteiger partial charge in [-0.1, -0.05) is 13.0 Å². The molecule has 2 heteroatoms. The molecule has 90 valence electrons. The van der Waals surface area contributed by atoms with Gasteiger partial charge in [0.1, 0.15) is 0 Å². The number of allylic oxidation sites excluding steroid dienone is 1. The van der Waals surface area contributed by atoms with Gasteiger partial charge in [-0.3, -0.25) is 0 Å². The van der Waals surface area contributed by atoms with Crippen LogP contribution in [0.1, 0.15) is 45.4 Å². The van der Waals surface area contributed by atoms with E-state index in [9.17, 15) is 0 Å². The summed E-state index contributed by atoms with van der Waals surface area (Å²) in [4.78, 5) is 2.69. The van der Waals surface area contributed by atoms with Gasteiger partial charge >= 0.3 is 0 Å². The van der Waals surface area contributed by atoms with E-state index in [1.807, 2.05) is 0 Å². The molecule has 5 atom stereocenters. The molecule has 2 fully saturated rings. The van der Waals surface area contributed by atoms with Crippen LogP contribution in [0.2, 0.25) is 0 Å². The molecule has 5 unspecified atom stereocenters. The Labute approximate surface area is 104 Å². The van der Waals surface area contributed by atoms with Crippen molar-refractivity contribution in [3.63, 3.8) is 0 Å². The summed E-state index contributed by atoms with van der Waals surface area (Å²) in [5.74, 6) is 1.71. The van der Waals surface area contributed by atoms with Crippen LogP contribution in [0.3, 0.4) is 0 Å². The molecule has 0 spiro atoms. The van der Waals surface area contributed by atoms with Crippen LogP contribution < -0.4 is 0 Å². The van der Waals surface area contributed by atoms with Crippen molar-refractivity contribution in [2.45, 2.75) is 62.9 Å². The molecule has 0 radical (unpaired) electrons. The Morgan fingerprint density at radius 3 is 2.81 bits per heavy atom. The summed E-state index contributed by atoms with van der Waals surface area (Å²) in [6.45, 7) is 2.41. The zero-order valence-corrected chi connectivity index (χ0v) is 10.9. The largest absolute Gasteiger partial charge is 0.371 e. The summed E-state index contributed by atoms with van der Waals surface area (Å²) < 4.78 is 0. The molecule has 1 aliphatic carbocycles. The van der Waals surface area contributed by atoms with Crippen molar-refractivity contribution < 1.29 is 0 Å². The van der Waals surface area contributed by atoms with Crippen molar-refractivity contribution in [2.75, 3.05) is 0 Å². The van der Waals surface area contributed by atoms with E-state index in [0.29, 0.717) is 5.38 Å². The maximum Gasteiger partial charge on any atom is 0.0340 e. The van der Waals surface area contributed by atoms with Gasteiger partial charge in [0.2, 0.25) is 0 Å². The second-order valence-corrected chi connectivity index (χ2v) is 6.54. The topological polar surface area (TPSA) is 3.24 Å². The number of halogens is 1. The lowest BCUT2D eigenvalue weighted by molar-refractivity contribution is 0.0263. The monoisotopic (exact) mass is 239 g/mol. The molecule has 0 bridgehead atoms. The quantitative estimate of drug-likeness (QED) is 0.582. The fourth-order valence-electron chi connectivity index (χ4n) is 4.03. The molecule has 3 rings (SSSR count). The van der Waals surface area contributed by atoms with Gasteiger partial charge in [-0.2, -0.15) is 0 Å². The molecule has 0 amide bonds. The highest BCUT2D eigenvalue weighted by Gasteiger charge is 2.41. The lowest BCUT2D eigenvalue weighted by Crippen LogP contribution is -2.53. The minimum atomic E-state index is 0.448. The number of alkyl halides is 1. The molecule has 0 aromatic carbocycles. The zero-order chi connectivity index (χ0) is 11.1. The summed E-state index contributed by atoms with van der Waals surface area (Å²) in [6.07, 6.45) is 12.6. The fourth-order valence-corrected chi connectivity index (χ4v) is 4.38. The molecule has 0 aromatic heterocycles. The molecule has 0 aromatic rings. The Kier molecular flexibility index (Phi) is 2.91. The molecule has 1 saturated heterocycles. The Morgan fingerprint density at radius 2 is 1.94 bits per heavy atom. The van der Waals surface area contributed by atoms with Gasteiger partial charge in [0, 0.05) is 17.5 Å². The molecule has 16 heavy (non-hydrogen) atoms. The van der Waals surface area contributed by atoms with E-state index >= 15 is 0 Å². The molecule has 2 heterocycles. The fraction of sp³-hybridized carbons (Fsp3) is 0.857. The van der Waals surface area contributed by atoms with E-state index in [-0.39, 0.29) is 0 Å². The van der Waals surface area contributed by atoms with E-state index < -0.39 is 0 Å². The van der Waals surface area contributed by atoms with Crippen LogP contribution in [0.4, 0.5) is 0 Å². The van der Waals surface area contributed by atoms with Gasteiger partial charge in [-0.15, -0.1) is 11.6 Å². The zero-order valence-electron chi connectivity index (χ0n) is 10.1. The van der Waals surface area contributed by atoms with Crippen molar-refractivity contribution in [3.8, 4) is 0 Å². The summed E-state index contributed by atoms with van der Waals surface area (Å²) in [5.41, 5.74) is 0. The average Bonchev–Trinajstić information content (AvgIpc) is 2.28. The standard InChI is InChI=1S/C14H22ClN/c1-10-3-2-8-16-13(10)6-4-11-9-12(15)5-7-14(11)16/h2,8,10-14H,3-7,9H2,1H3. The van der Waals surface area contributed by atoms with Crippen LogP contribution in [-0.4, -0.2) is 22.4 Å². The molecule has 0 N–H and O–H groups in total. The Bertz CT molecular complexity index is 288. The third-order valence-corrected chi connectivity index (χ3v) is 5.32. The van der Waals surface area contributed by atoms with E-state index in [4.69, 9.17) is 11.6 Å². The smallest absolute Gasteiger partial charge is 0.0340 e. The highest BCUT2D eigenvalue weighted by Crippen LogP contribution is 2.42. The van der Waals surface area contributed by atoms with Gasteiger partial charge in [0.15, 0.2) is 0 Å². The normalized spacial score (nSPS) is 47.4. The Balaban J connectivity index is 1.79. The number of nitrogens with zero attached hydrogens (tertiary/aromatic N) is 1. The molecule has 1 saturated carbocycles. The van der Waals surface area contributed by atoms with Crippen LogP contribution in [0.25, 0.3) is 0 Å². The number of hydrogen-bond acceptors (Lipinski definition) is 1. The van der Waals surface area contributed by atoms with Crippen molar-refractivity contribution in [3.05, 3.63) is 12.3 Å². The molecular weight excluding hydrogens is 218 g/mol. The van der Waals surface area contributed by atoms with E-state index in [2.05, 4.69) is 24.1 Å². The predicted octanol–water partition coefficient (Wildman–Crippen LogP) is 3.78. The van der Waals surface area contributed by atoms with Crippen LogP contribution >= 0.6 is 11.6 Å². The number of fused-ring (bicyclic) bond motifs is 3. The summed E-state index contributed by atoms with van der Waals surface area (Å²) >= 11 is 6.30. The summed E-state index contributed by atoms with van der Waals surface area (Å²) in [5, 5.41) is 0.448. The minimum Gasteiger partial charge on any atom is -0.371 e. The first-order valence-corrected chi connectivity index (χ1v) is 7.27. The first-order chi connectivity index (χ1) is 7.75. The van der Waals surface area contributed by atoms with E-state index in [1.165, 1.54) is 38.5 Å². The average molecular weight is 240 g/mol. The van der Waals surface area contributed by atoms with Gasteiger partial charge < -0.3 is 4.90 Å². The van der Waals surface area contributed by atoms with Crippen molar-refractivity contribution in [2.24, 2.45) is 11.8 Å². The van der Waals surface area contributed by atoms with Crippen LogP contribution in [0, 0.1) is 11.8 Å². The van der Waals surface area contributed by atoms with Gasteiger partial charge in [0.25, 0.3) is 0 Å². The summed E-state index contributed by atoms with van der Waals surface area (Å²) in [6, 6.07) is 1.62. The highest BCUT2D eigenvalue weighted by molar-refractivity contribution is 6.20. The second kappa shape index (κ2) is 4.25. The minimum absolute atomic E-state index is 0.448. The molecule has 2 aliphatic heterocycles. The van der Waals surface area contributed by atoms with Crippen LogP contribution in [0.5, 0.6) is 0 Å². The Hall–Kier alpha value is -0.170. The van der Waals surface area contributed by atoms with Crippen molar-refractivity contribution in [1.29, 1.82) is 0 Å². The molecule has 1 nitrogen and oxygen atoms in total. The van der Waals surface area contributed by atoms with Crippen molar-refractivity contribution >= 4 is 11.6 Å². The number of piperidine rings is 1. The maximum absolute atomic E-state index is 6.30. The van der Waals surface area contributed by atoms with E-state index in [1.54, 1.807) is 0 Å². The third-order valence-electron chi connectivity index (χ3n) is 4.92. The summed E-state index contributed by atoms with van der Waals surface area (Å²) in [7, 11) is 0. The second-order valence-electron chi connectivity index (χ2n) is 5.93. The van der Waals surface area contributed by atoms with Gasteiger partial charge in [-0.25, -0.2) is 0 Å². The van der Waals surface area contributed by atoms with Crippen LogP contribution in [-0.2, 0) is 0 Å². The van der Waals surface area contributed by atoms with E-state index in [0.717, 1.165) is 23.9 Å². The lowest BCUT2D eigenvalue weighted by atomic mass is 9.73. The first kappa shape index (κ1) is 11.0. The number of hydrogen-bond donors (Lipinski definition) is 0.